The van der Waals surface area contributed by atoms with Crippen LogP contribution in [0.5, 0.6) is 0 Å². The molecule has 0 bridgehead atoms. The van der Waals surface area contributed by atoms with Gasteiger partial charge >= 0.3 is 35.3 Å². The van der Waals surface area contributed by atoms with Crippen LogP contribution in [0.1, 0.15) is 31.4 Å². The number of anilines is 2. The molecule has 9 N–H and O–H groups in total. The summed E-state index contributed by atoms with van der Waals surface area (Å²) in [6.07, 6.45) is 2.88. The Hall–Kier alpha value is -3.79. The number of nitrogens with zero attached hydrogens (tertiary/aromatic N) is 9. The maximum atomic E-state index is 13.6. The molecule has 4 aliphatic rings. The number of aliphatic imine (C=N–C) groups is 1. The second-order valence-corrected chi connectivity index (χ2v) is 19.7. The maximum absolute atomic E-state index is 13.6. The van der Waals surface area contributed by atoms with Gasteiger partial charge in [-0.25, -0.2) is 42.7 Å². The molecule has 2 aromatic carbocycles. The minimum atomic E-state index is -3.66. The van der Waals surface area contributed by atoms with Gasteiger partial charge in [0.25, 0.3) is 20.4 Å². The smallest absolute Gasteiger partial charge is 0.870 e. The van der Waals surface area contributed by atoms with E-state index < -0.39 is 37.8 Å². The number of benzene rings is 2. The molecule has 9 rings (SSSR count). The molecule has 5 aromatic rings. The molecular weight excluding hydrogens is 1010 g/mol. The molecule has 2 spiro atoms. The number of nitrogens with two attached hydrogens (primary N) is 2. The van der Waals surface area contributed by atoms with Gasteiger partial charge in [0.1, 0.15) is 11.6 Å². The first-order valence-corrected chi connectivity index (χ1v) is 22.2. The first kappa shape index (κ1) is 47.7. The third-order valence-electron chi connectivity index (χ3n) is 10.6. The van der Waals surface area contributed by atoms with Crippen LogP contribution in [0.2, 0.25) is 0 Å². The predicted molar refractivity (Wildman–Crippen MR) is 212 cm³/mol. The summed E-state index contributed by atoms with van der Waals surface area (Å²) in [7, 11) is -7.30. The fraction of sp³-hybridized carbons (Fsp3) is 0.387. The van der Waals surface area contributed by atoms with Crippen LogP contribution in [0.3, 0.4) is 0 Å². The zero-order valence-electron chi connectivity index (χ0n) is 31.9. The van der Waals surface area contributed by atoms with Crippen molar-refractivity contribution in [3.8, 4) is 17.2 Å². The zero-order valence-corrected chi connectivity index (χ0v) is 38.7. The molecule has 2 saturated heterocycles. The first-order chi connectivity index (χ1) is 28.3. The molecule has 0 amide bonds. The molecule has 0 radical (unpaired) electrons. The SMILES string of the molecule is NS(=O)(=O)N1CC2(CC(Nc3nonc3-c3noc(=O)n3-c3ccc(F)c(Br)c3)C2)C1.NS(=O)(=O)N1CC2(CC(Nc3nonc3C(=Nc3ccc(F)c(Br)c3)NO)C2)C1.[Na+].[OH-]. The molecule has 2 saturated carbocycles. The zero-order chi connectivity index (χ0) is 42.8. The minimum absolute atomic E-state index is 0. The normalized spacial score (nSPS) is 18.5. The van der Waals surface area contributed by atoms with E-state index in [-0.39, 0.29) is 102 Å². The van der Waals surface area contributed by atoms with Gasteiger partial charge in [0.2, 0.25) is 17.5 Å². The summed E-state index contributed by atoms with van der Waals surface area (Å²) in [4.78, 5) is 16.4. The van der Waals surface area contributed by atoms with Crippen molar-refractivity contribution in [2.24, 2.45) is 26.1 Å². The van der Waals surface area contributed by atoms with E-state index in [0.29, 0.717) is 50.4 Å². The average Bonchev–Trinajstić information content (AvgIpc) is 3.86. The molecule has 328 valence electrons. The first-order valence-electron chi connectivity index (χ1n) is 17.6. The Morgan fingerprint density at radius 2 is 1.32 bits per heavy atom. The Balaban J connectivity index is 0.000000201. The molecule has 62 heavy (non-hydrogen) atoms. The maximum Gasteiger partial charge on any atom is 1.00 e. The largest absolute Gasteiger partial charge is 1.00 e. The van der Waals surface area contributed by atoms with Gasteiger partial charge in [-0.15, -0.1) is 0 Å². The van der Waals surface area contributed by atoms with Crippen molar-refractivity contribution in [2.75, 3.05) is 36.8 Å². The molecule has 0 unspecified atom stereocenters. The number of halogens is 4. The summed E-state index contributed by atoms with van der Waals surface area (Å²) in [5.41, 5.74) is 2.74. The summed E-state index contributed by atoms with van der Waals surface area (Å²) < 4.78 is 90.7. The number of hydrogen-bond acceptors (Lipinski definition) is 18. The Labute approximate surface area is 387 Å². The van der Waals surface area contributed by atoms with E-state index in [2.05, 4.69) is 73.3 Å². The molecular formula is C31H33Br2F2N14NaO10S2. The van der Waals surface area contributed by atoms with Crippen molar-refractivity contribution in [1.82, 2.24) is 44.4 Å². The summed E-state index contributed by atoms with van der Waals surface area (Å²) in [6, 6.07) is 8.13. The van der Waals surface area contributed by atoms with E-state index in [1.807, 2.05) is 5.48 Å². The third kappa shape index (κ3) is 9.66. The van der Waals surface area contributed by atoms with Gasteiger partial charge in [-0.3, -0.25) is 15.2 Å². The topological polar surface area (TPSA) is 351 Å². The molecule has 0 atom stereocenters. The Morgan fingerprint density at radius 1 is 0.806 bits per heavy atom. The summed E-state index contributed by atoms with van der Waals surface area (Å²) >= 11 is 6.16. The number of nitrogens with one attached hydrogen (secondary N) is 3. The predicted octanol–water partition coefficient (Wildman–Crippen LogP) is -1.21. The Bertz CT molecular complexity index is 2770. The van der Waals surface area contributed by atoms with E-state index >= 15 is 0 Å². The monoisotopic (exact) mass is 1040 g/mol. The van der Waals surface area contributed by atoms with Gasteiger partial charge in [0.05, 0.1) is 20.3 Å². The van der Waals surface area contributed by atoms with Gasteiger partial charge in [0.15, 0.2) is 17.2 Å². The number of amidine groups is 1. The number of hydroxylamine groups is 1. The fourth-order valence-corrected chi connectivity index (χ4v) is 10.3. The van der Waals surface area contributed by atoms with Crippen LogP contribution in [0.25, 0.3) is 17.2 Å². The van der Waals surface area contributed by atoms with Crippen LogP contribution in [-0.2, 0) is 20.4 Å². The van der Waals surface area contributed by atoms with Crippen LogP contribution in [0.15, 0.2) is 68.9 Å². The summed E-state index contributed by atoms with van der Waals surface area (Å²) in [5, 5.41) is 45.1. The standard InChI is InChI=1S/C16H15BrFN7O5S.C15H17BrFN7O4S.Na.H2O/c17-10-3-9(1-2-11(10)18)25-14(23-29-15(25)26)12-13(22-30-21-12)20-8-4-16(5-8)6-24(7-16)31(19,27)28;16-10-3-8(1-2-11(10)17)19-13(21-25)12-14(23-28-22-12)20-9-4-15(5-9)6-24(7-15)29(18,26)27;;/h1-3,8H,4-7H2,(H,20,22)(H2,19,27,28);1-3,9,25H,4-7H2,(H,19,21)(H,20,23)(H2,18,26,27);;1H2/q;;+1;/p-1. The van der Waals surface area contributed by atoms with E-state index in [4.69, 9.17) is 24.1 Å². The fourth-order valence-electron chi connectivity index (χ4n) is 7.78. The van der Waals surface area contributed by atoms with Crippen molar-refractivity contribution >= 4 is 75.4 Å². The average molecular weight is 1050 g/mol. The van der Waals surface area contributed by atoms with Gasteiger partial charge in [-0.05, 0) is 115 Å². The van der Waals surface area contributed by atoms with Gasteiger partial charge < -0.3 is 16.1 Å². The second-order valence-electron chi connectivity index (χ2n) is 14.9. The Morgan fingerprint density at radius 3 is 1.85 bits per heavy atom. The van der Waals surface area contributed by atoms with E-state index in [0.717, 1.165) is 17.4 Å². The van der Waals surface area contributed by atoms with Gasteiger partial charge in [-0.1, -0.05) is 5.16 Å². The molecule has 5 heterocycles. The van der Waals surface area contributed by atoms with Gasteiger partial charge in [0, 0.05) is 49.1 Å². The van der Waals surface area contributed by atoms with E-state index in [9.17, 15) is 35.6 Å². The molecule has 4 fully saturated rings. The second kappa shape index (κ2) is 18.0. The van der Waals surface area contributed by atoms with Crippen molar-refractivity contribution < 1.29 is 79.6 Å². The van der Waals surface area contributed by atoms with E-state index in [1.165, 1.54) is 45.0 Å². The summed E-state index contributed by atoms with van der Waals surface area (Å²) in [6.45, 7) is 1.57. The van der Waals surface area contributed by atoms with Gasteiger partial charge in [-0.2, -0.15) is 25.4 Å². The van der Waals surface area contributed by atoms with E-state index in [1.54, 1.807) is 0 Å². The van der Waals surface area contributed by atoms with Crippen LogP contribution in [-0.4, -0.2) is 111 Å². The molecule has 3 aromatic heterocycles. The van der Waals surface area contributed by atoms with Crippen molar-refractivity contribution in [3.63, 3.8) is 0 Å². The van der Waals surface area contributed by atoms with Crippen molar-refractivity contribution in [2.45, 2.75) is 37.8 Å². The van der Waals surface area contributed by atoms with Crippen molar-refractivity contribution in [1.29, 1.82) is 0 Å². The third-order valence-corrected chi connectivity index (χ3v) is 13.8. The Kier molecular flexibility index (Phi) is 13.8. The van der Waals surface area contributed by atoms with Crippen LogP contribution < -0.4 is 61.7 Å². The number of rotatable bonds is 10. The van der Waals surface area contributed by atoms with Crippen molar-refractivity contribution in [3.05, 3.63) is 73.2 Å². The number of aromatic nitrogens is 6. The summed E-state index contributed by atoms with van der Waals surface area (Å²) in [5.74, 6) is -1.20. The van der Waals surface area contributed by atoms with Crippen LogP contribution in [0.4, 0.5) is 26.1 Å². The van der Waals surface area contributed by atoms with Crippen LogP contribution in [0, 0.1) is 22.5 Å². The molecule has 24 nitrogen and oxygen atoms in total. The van der Waals surface area contributed by atoms with Crippen LogP contribution >= 0.6 is 31.9 Å². The molecule has 31 heteroatoms. The number of hydrogen-bond donors (Lipinski definition) is 6. The quantitative estimate of drug-likeness (QED) is 0.0414. The molecule has 2 aliphatic heterocycles. The molecule has 2 aliphatic carbocycles. The minimum Gasteiger partial charge on any atom is -0.870 e.